The zero-order chi connectivity index (χ0) is 19.3. The number of rotatable bonds is 4. The number of hydrogen-bond donors (Lipinski definition) is 1. The minimum absolute atomic E-state index is 0.0619. The fourth-order valence-electron chi connectivity index (χ4n) is 4.30. The van der Waals surface area contributed by atoms with E-state index in [2.05, 4.69) is 20.1 Å². The van der Waals surface area contributed by atoms with Crippen LogP contribution in [0.5, 0.6) is 11.6 Å². The maximum Gasteiger partial charge on any atom is 0.233 e. The molecule has 2 aromatic heterocycles. The number of aromatic hydroxyl groups is 1. The van der Waals surface area contributed by atoms with Crippen LogP contribution in [0.2, 0.25) is 0 Å². The maximum absolute atomic E-state index is 14.5. The number of phenolic OH excluding ortho intramolecular Hbond substituents is 1. The Morgan fingerprint density at radius 1 is 1.21 bits per heavy atom. The lowest BCUT2D eigenvalue weighted by atomic mass is 10.1. The Morgan fingerprint density at radius 2 is 2.11 bits per heavy atom. The number of aromatic nitrogens is 4. The fourth-order valence-corrected chi connectivity index (χ4v) is 4.30. The van der Waals surface area contributed by atoms with Gasteiger partial charge in [-0.3, -0.25) is 4.90 Å². The molecule has 0 unspecified atom stereocenters. The van der Waals surface area contributed by atoms with Crippen molar-refractivity contribution in [1.29, 1.82) is 0 Å². The first-order chi connectivity index (χ1) is 13.6. The van der Waals surface area contributed by atoms with E-state index < -0.39 is 12.3 Å². The number of nitrogens with zero attached hydrogens (tertiary/aromatic N) is 5. The minimum atomic E-state index is -1.01. The summed E-state index contributed by atoms with van der Waals surface area (Å²) in [6.45, 7) is 0.846. The first kappa shape index (κ1) is 17.1. The highest BCUT2D eigenvalue weighted by molar-refractivity contribution is 5.68. The third-order valence-corrected chi connectivity index (χ3v) is 5.74. The number of alkyl halides is 1. The van der Waals surface area contributed by atoms with Crippen LogP contribution in [-0.2, 0) is 0 Å². The van der Waals surface area contributed by atoms with Gasteiger partial charge < -0.3 is 14.4 Å². The van der Waals surface area contributed by atoms with Gasteiger partial charge >= 0.3 is 0 Å². The molecule has 1 saturated heterocycles. The molecule has 5 rings (SSSR count). The van der Waals surface area contributed by atoms with Gasteiger partial charge in [0.25, 0.3) is 0 Å². The van der Waals surface area contributed by atoms with Crippen molar-refractivity contribution >= 4 is 0 Å². The largest absolute Gasteiger partial charge is 0.507 e. The summed E-state index contributed by atoms with van der Waals surface area (Å²) in [6, 6.07) is 8.62. The zero-order valence-electron chi connectivity index (χ0n) is 15.3. The van der Waals surface area contributed by atoms with E-state index in [9.17, 15) is 9.50 Å². The van der Waals surface area contributed by atoms with Crippen molar-refractivity contribution in [3.8, 4) is 28.6 Å². The topological polar surface area (TPSA) is 76.3 Å². The van der Waals surface area contributed by atoms with Crippen LogP contribution in [0.15, 0.2) is 49.1 Å². The lowest BCUT2D eigenvalue weighted by molar-refractivity contribution is 0.0220. The van der Waals surface area contributed by atoms with Gasteiger partial charge in [0.1, 0.15) is 11.9 Å². The van der Waals surface area contributed by atoms with Crippen molar-refractivity contribution in [2.45, 2.75) is 24.7 Å². The van der Waals surface area contributed by atoms with Gasteiger partial charge in [-0.25, -0.2) is 9.37 Å². The molecule has 3 heterocycles. The van der Waals surface area contributed by atoms with E-state index >= 15 is 0 Å². The number of piperidine rings is 1. The van der Waals surface area contributed by atoms with Crippen LogP contribution in [0.4, 0.5) is 4.39 Å². The molecule has 3 aromatic rings. The van der Waals surface area contributed by atoms with Crippen LogP contribution in [0.25, 0.3) is 16.9 Å². The van der Waals surface area contributed by atoms with Crippen molar-refractivity contribution in [1.82, 2.24) is 24.6 Å². The van der Waals surface area contributed by atoms with Crippen LogP contribution in [-0.4, -0.2) is 61.7 Å². The molecule has 1 aliphatic heterocycles. The molecule has 1 N–H and O–H groups in total. The van der Waals surface area contributed by atoms with E-state index in [-0.39, 0.29) is 17.7 Å². The van der Waals surface area contributed by atoms with Gasteiger partial charge in [-0.1, -0.05) is 0 Å². The second-order valence-electron chi connectivity index (χ2n) is 7.46. The molecule has 2 bridgehead atoms. The molecule has 28 heavy (non-hydrogen) atoms. The Morgan fingerprint density at radius 3 is 2.75 bits per heavy atom. The highest BCUT2D eigenvalue weighted by Gasteiger charge is 2.52. The lowest BCUT2D eigenvalue weighted by Crippen LogP contribution is -2.46. The van der Waals surface area contributed by atoms with Crippen LogP contribution >= 0.6 is 0 Å². The Labute approximate surface area is 161 Å². The molecular formula is C20H20FN5O2. The van der Waals surface area contributed by atoms with Gasteiger partial charge in [0.15, 0.2) is 6.17 Å². The average Bonchev–Trinajstić information content (AvgIpc) is 3.41. The smallest absolute Gasteiger partial charge is 0.233 e. The van der Waals surface area contributed by atoms with Gasteiger partial charge in [-0.15, -0.1) is 10.2 Å². The Kier molecular flexibility index (Phi) is 4.01. The van der Waals surface area contributed by atoms with Crippen LogP contribution in [0.1, 0.15) is 6.42 Å². The third-order valence-electron chi connectivity index (χ3n) is 5.74. The Hall–Kier alpha value is -3.00. The first-order valence-corrected chi connectivity index (χ1v) is 9.26. The van der Waals surface area contributed by atoms with E-state index in [0.29, 0.717) is 17.1 Å². The molecule has 7 nitrogen and oxygen atoms in total. The van der Waals surface area contributed by atoms with Gasteiger partial charge in [0, 0.05) is 48.6 Å². The summed E-state index contributed by atoms with van der Waals surface area (Å²) in [7, 11) is 1.95. The van der Waals surface area contributed by atoms with E-state index in [1.807, 2.05) is 13.1 Å². The summed E-state index contributed by atoms with van der Waals surface area (Å²) in [6.07, 6.45) is 4.48. The predicted molar refractivity (Wildman–Crippen MR) is 100 cm³/mol. The van der Waals surface area contributed by atoms with Gasteiger partial charge in [0.2, 0.25) is 5.88 Å². The van der Waals surface area contributed by atoms with Crippen LogP contribution < -0.4 is 4.74 Å². The maximum atomic E-state index is 14.5. The number of hydrogen-bond acceptors (Lipinski definition) is 6. The van der Waals surface area contributed by atoms with E-state index in [1.54, 1.807) is 47.6 Å². The van der Waals surface area contributed by atoms with Crippen molar-refractivity contribution in [2.75, 3.05) is 13.6 Å². The first-order valence-electron chi connectivity index (χ1n) is 9.26. The number of fused-ring (bicyclic) bond motifs is 2. The number of imidazole rings is 1. The molecule has 8 heteroatoms. The summed E-state index contributed by atoms with van der Waals surface area (Å²) in [5.41, 5.74) is 1.88. The fraction of sp³-hybridized carbons (Fsp3) is 0.350. The second-order valence-corrected chi connectivity index (χ2v) is 7.46. The van der Waals surface area contributed by atoms with Crippen molar-refractivity contribution < 1.29 is 14.2 Å². The number of halogens is 1. The van der Waals surface area contributed by atoms with Crippen LogP contribution in [0.3, 0.4) is 0 Å². The predicted octanol–water partition coefficient (Wildman–Crippen LogP) is 2.45. The van der Waals surface area contributed by atoms with E-state index in [1.165, 1.54) is 0 Å². The summed E-state index contributed by atoms with van der Waals surface area (Å²) in [5, 5.41) is 18.6. The van der Waals surface area contributed by atoms with E-state index in [0.717, 1.165) is 18.7 Å². The summed E-state index contributed by atoms with van der Waals surface area (Å²) in [4.78, 5) is 6.06. The summed E-state index contributed by atoms with van der Waals surface area (Å²) >= 11 is 0. The highest BCUT2D eigenvalue weighted by atomic mass is 19.1. The summed E-state index contributed by atoms with van der Waals surface area (Å²) in [5.74, 6) is 0.585. The molecule has 2 fully saturated rings. The molecule has 144 valence electrons. The van der Waals surface area contributed by atoms with Crippen LogP contribution in [0, 0.1) is 5.92 Å². The van der Waals surface area contributed by atoms with Gasteiger partial charge in [-0.2, -0.15) is 0 Å². The molecule has 2 aliphatic rings. The average molecular weight is 381 g/mol. The van der Waals surface area contributed by atoms with Gasteiger partial charge in [0.05, 0.1) is 17.7 Å². The minimum Gasteiger partial charge on any atom is -0.507 e. The number of benzene rings is 1. The molecule has 1 aromatic carbocycles. The molecule has 1 aliphatic carbocycles. The number of phenols is 1. The number of ether oxygens (including phenoxy) is 1. The van der Waals surface area contributed by atoms with Crippen molar-refractivity contribution in [3.63, 3.8) is 0 Å². The quantitative estimate of drug-likeness (QED) is 0.748. The molecule has 0 amide bonds. The van der Waals surface area contributed by atoms with E-state index in [4.69, 9.17) is 4.74 Å². The molecule has 4 atom stereocenters. The monoisotopic (exact) mass is 381 g/mol. The molecular weight excluding hydrogens is 361 g/mol. The zero-order valence-corrected chi connectivity index (χ0v) is 15.3. The lowest BCUT2D eigenvalue weighted by Gasteiger charge is -2.31. The van der Waals surface area contributed by atoms with Crippen molar-refractivity contribution in [3.05, 3.63) is 49.1 Å². The van der Waals surface area contributed by atoms with Gasteiger partial charge in [-0.05, 0) is 31.7 Å². The van der Waals surface area contributed by atoms with Crippen molar-refractivity contribution in [2.24, 2.45) is 5.92 Å². The number of likely N-dealkylation sites (tertiary alicyclic amines) is 1. The third kappa shape index (κ3) is 2.80. The normalized spacial score (nSPS) is 26.6. The summed E-state index contributed by atoms with van der Waals surface area (Å²) < 4.78 is 22.1. The standard InChI is InChI=1S/C20H20FN5O2/c1-25-10-12-8-16(25)19(21)20(12)28-18-5-4-15(23-24-18)14-3-2-13(9-17(14)27)26-7-6-22-11-26/h2-7,9,11-12,16,19-20,27H,8,10H2,1H3/t12-,16-,19+,20-/m0/s1. The highest BCUT2D eigenvalue weighted by Crippen LogP contribution is 2.40. The SMILES string of the molecule is CN1C[C@@H]2C[C@H]1[C@@H](F)[C@H]2Oc1ccc(-c2ccc(-n3ccnc3)cc2O)nn1. The Bertz CT molecular complexity index is 977. The molecule has 0 radical (unpaired) electrons. The molecule has 0 spiro atoms. The second kappa shape index (κ2) is 6.56. The molecule has 1 saturated carbocycles. The Balaban J connectivity index is 1.33.